The lowest BCUT2D eigenvalue weighted by Gasteiger charge is -2.28. The van der Waals surface area contributed by atoms with Gasteiger partial charge in [0, 0.05) is 6.04 Å². The van der Waals surface area contributed by atoms with Gasteiger partial charge in [0.25, 0.3) is 0 Å². The Hall–Kier alpha value is -0.100. The average molecular weight is 294 g/mol. The minimum atomic E-state index is -3.39. The van der Waals surface area contributed by atoms with Gasteiger partial charge in [0.2, 0.25) is 10.0 Å². The number of hydrogen-bond donors (Lipinski definition) is 1. The Morgan fingerprint density at radius 3 is 2.65 bits per heavy atom. The van der Waals surface area contributed by atoms with Gasteiger partial charge in [-0.15, -0.1) is 11.3 Å². The van der Waals surface area contributed by atoms with Crippen molar-refractivity contribution < 1.29 is 8.42 Å². The lowest BCUT2D eigenvalue weighted by atomic mass is 9.87. The predicted molar refractivity (Wildman–Crippen MR) is 71.1 cm³/mol. The molecule has 0 amide bonds. The second-order valence-electron chi connectivity index (χ2n) is 4.55. The molecule has 0 radical (unpaired) electrons. The van der Waals surface area contributed by atoms with Crippen molar-refractivity contribution in [3.05, 3.63) is 16.5 Å². The first kappa shape index (κ1) is 13.3. The zero-order valence-electron chi connectivity index (χ0n) is 9.65. The van der Waals surface area contributed by atoms with Crippen LogP contribution in [0.4, 0.5) is 0 Å². The van der Waals surface area contributed by atoms with Crippen LogP contribution in [0.3, 0.4) is 0 Å². The summed E-state index contributed by atoms with van der Waals surface area (Å²) in [4.78, 5) is 0. The van der Waals surface area contributed by atoms with Gasteiger partial charge in [-0.25, -0.2) is 13.1 Å². The van der Waals surface area contributed by atoms with E-state index < -0.39 is 10.0 Å². The summed E-state index contributed by atoms with van der Waals surface area (Å²) < 4.78 is 27.8. The molecule has 1 aliphatic carbocycles. The molecule has 1 saturated carbocycles. The lowest BCUT2D eigenvalue weighted by molar-refractivity contribution is 0.310. The van der Waals surface area contributed by atoms with E-state index in [9.17, 15) is 8.42 Å². The number of halogens is 1. The Morgan fingerprint density at radius 2 is 2.06 bits per heavy atom. The van der Waals surface area contributed by atoms with Crippen molar-refractivity contribution in [1.82, 2.24) is 4.72 Å². The van der Waals surface area contributed by atoms with Crippen LogP contribution in [-0.2, 0) is 10.0 Å². The van der Waals surface area contributed by atoms with Gasteiger partial charge in [0.15, 0.2) is 0 Å². The molecule has 1 fully saturated rings. The Labute approximate surface area is 111 Å². The van der Waals surface area contributed by atoms with Crippen molar-refractivity contribution in [2.75, 3.05) is 0 Å². The first-order valence-electron chi connectivity index (χ1n) is 5.77. The van der Waals surface area contributed by atoms with E-state index in [2.05, 4.69) is 11.6 Å². The van der Waals surface area contributed by atoms with E-state index in [1.807, 2.05) is 0 Å². The quantitative estimate of drug-likeness (QED) is 0.930. The minimum Gasteiger partial charge on any atom is -0.207 e. The molecular weight excluding hydrogens is 278 g/mol. The Bertz CT molecular complexity index is 483. The van der Waals surface area contributed by atoms with Crippen LogP contribution < -0.4 is 4.72 Å². The molecule has 0 aliphatic heterocycles. The van der Waals surface area contributed by atoms with Crippen molar-refractivity contribution in [3.8, 4) is 0 Å². The monoisotopic (exact) mass is 293 g/mol. The first-order chi connectivity index (χ1) is 7.99. The third-order valence-corrected chi connectivity index (χ3v) is 6.44. The SMILES string of the molecule is CC1CCCCC1NS(=O)(=O)c1ccc(Cl)s1. The Morgan fingerprint density at radius 1 is 1.35 bits per heavy atom. The maximum Gasteiger partial charge on any atom is 0.250 e. The van der Waals surface area contributed by atoms with Gasteiger partial charge in [-0.3, -0.25) is 0 Å². The maximum absolute atomic E-state index is 12.1. The molecule has 0 saturated heterocycles. The molecule has 6 heteroatoms. The van der Waals surface area contributed by atoms with Gasteiger partial charge in [-0.2, -0.15) is 0 Å². The molecule has 1 aliphatic rings. The molecule has 17 heavy (non-hydrogen) atoms. The third-order valence-electron chi connectivity index (χ3n) is 3.23. The zero-order chi connectivity index (χ0) is 12.5. The molecule has 2 atom stereocenters. The van der Waals surface area contributed by atoms with E-state index >= 15 is 0 Å². The highest BCUT2D eigenvalue weighted by Gasteiger charge is 2.27. The topological polar surface area (TPSA) is 46.2 Å². The van der Waals surface area contributed by atoms with Crippen molar-refractivity contribution in [2.24, 2.45) is 5.92 Å². The van der Waals surface area contributed by atoms with Crippen LogP contribution in [0, 0.1) is 5.92 Å². The van der Waals surface area contributed by atoms with Crippen molar-refractivity contribution in [3.63, 3.8) is 0 Å². The van der Waals surface area contributed by atoms with E-state index in [0.717, 1.165) is 30.6 Å². The summed E-state index contributed by atoms with van der Waals surface area (Å²) in [7, 11) is -3.39. The van der Waals surface area contributed by atoms with Crippen LogP contribution >= 0.6 is 22.9 Å². The van der Waals surface area contributed by atoms with E-state index in [1.54, 1.807) is 12.1 Å². The third kappa shape index (κ3) is 3.22. The van der Waals surface area contributed by atoms with Crippen molar-refractivity contribution in [1.29, 1.82) is 0 Å². The molecule has 2 rings (SSSR count). The fourth-order valence-electron chi connectivity index (χ4n) is 2.19. The second kappa shape index (κ2) is 5.26. The Kier molecular flexibility index (Phi) is 4.13. The van der Waals surface area contributed by atoms with Gasteiger partial charge >= 0.3 is 0 Å². The highest BCUT2D eigenvalue weighted by molar-refractivity contribution is 7.91. The number of sulfonamides is 1. The molecule has 0 bridgehead atoms. The summed E-state index contributed by atoms with van der Waals surface area (Å²) in [6.07, 6.45) is 4.32. The van der Waals surface area contributed by atoms with Gasteiger partial charge < -0.3 is 0 Å². The summed E-state index contributed by atoms with van der Waals surface area (Å²) in [5.41, 5.74) is 0. The van der Waals surface area contributed by atoms with Crippen LogP contribution in [0.5, 0.6) is 0 Å². The lowest BCUT2D eigenvalue weighted by Crippen LogP contribution is -2.40. The highest BCUT2D eigenvalue weighted by Crippen LogP contribution is 2.28. The molecule has 1 N–H and O–H groups in total. The van der Waals surface area contributed by atoms with Crippen LogP contribution in [0.25, 0.3) is 0 Å². The molecular formula is C11H16ClNO2S2. The van der Waals surface area contributed by atoms with Gasteiger partial charge in [0.1, 0.15) is 4.21 Å². The zero-order valence-corrected chi connectivity index (χ0v) is 12.0. The van der Waals surface area contributed by atoms with E-state index in [0.29, 0.717) is 14.5 Å². The summed E-state index contributed by atoms with van der Waals surface area (Å²) in [5, 5.41) is 0. The minimum absolute atomic E-state index is 0.0645. The normalized spacial score (nSPS) is 26.0. The summed E-state index contributed by atoms with van der Waals surface area (Å²) >= 11 is 6.86. The van der Waals surface area contributed by atoms with Gasteiger partial charge in [0.05, 0.1) is 4.34 Å². The smallest absolute Gasteiger partial charge is 0.207 e. The summed E-state index contributed by atoms with van der Waals surface area (Å²) in [6.45, 7) is 2.10. The predicted octanol–water partition coefficient (Wildman–Crippen LogP) is 3.26. The first-order valence-corrected chi connectivity index (χ1v) is 8.44. The largest absolute Gasteiger partial charge is 0.250 e. The van der Waals surface area contributed by atoms with Gasteiger partial charge in [-0.1, -0.05) is 31.4 Å². The average Bonchev–Trinajstić information content (AvgIpc) is 2.69. The van der Waals surface area contributed by atoms with Gasteiger partial charge in [-0.05, 0) is 30.9 Å². The van der Waals surface area contributed by atoms with E-state index in [4.69, 9.17) is 11.6 Å². The molecule has 96 valence electrons. The van der Waals surface area contributed by atoms with Crippen LogP contribution in [0.1, 0.15) is 32.6 Å². The highest BCUT2D eigenvalue weighted by atomic mass is 35.5. The summed E-state index contributed by atoms with van der Waals surface area (Å²) in [5.74, 6) is 0.411. The standard InChI is InChI=1S/C11H16ClNO2S2/c1-8-4-2-3-5-9(8)13-17(14,15)11-7-6-10(12)16-11/h6-9,13H,2-5H2,1H3. The fourth-order valence-corrected chi connectivity index (χ4v) is 5.07. The van der Waals surface area contributed by atoms with Crippen molar-refractivity contribution >= 4 is 33.0 Å². The van der Waals surface area contributed by atoms with E-state index in [1.165, 1.54) is 6.42 Å². The molecule has 1 heterocycles. The van der Waals surface area contributed by atoms with Crippen LogP contribution in [0.15, 0.2) is 16.3 Å². The second-order valence-corrected chi connectivity index (χ2v) is 8.20. The van der Waals surface area contributed by atoms with Crippen LogP contribution in [-0.4, -0.2) is 14.5 Å². The number of thiophene rings is 1. The number of hydrogen-bond acceptors (Lipinski definition) is 3. The number of rotatable bonds is 3. The molecule has 0 aromatic carbocycles. The van der Waals surface area contributed by atoms with Crippen molar-refractivity contribution in [2.45, 2.75) is 42.9 Å². The maximum atomic E-state index is 12.1. The molecule has 1 aromatic heterocycles. The Balaban J connectivity index is 2.11. The number of nitrogens with one attached hydrogen (secondary N) is 1. The molecule has 0 spiro atoms. The molecule has 3 nitrogen and oxygen atoms in total. The molecule has 2 unspecified atom stereocenters. The van der Waals surface area contributed by atoms with E-state index in [-0.39, 0.29) is 6.04 Å². The molecule has 1 aromatic rings. The summed E-state index contributed by atoms with van der Waals surface area (Å²) in [6, 6.07) is 3.24. The fraction of sp³-hybridized carbons (Fsp3) is 0.636. The van der Waals surface area contributed by atoms with Crippen LogP contribution in [0.2, 0.25) is 4.34 Å².